The Bertz CT molecular complexity index is 445. The number of nitrogens with zero attached hydrogens (tertiary/aromatic N) is 2. The molecule has 0 saturated heterocycles. The van der Waals surface area contributed by atoms with Crippen molar-refractivity contribution in [2.45, 2.75) is 26.4 Å². The molecule has 0 aromatic carbocycles. The Balaban J connectivity index is 2.68. The Hall–Kier alpha value is -1.13. The quantitative estimate of drug-likeness (QED) is 0.865. The maximum Gasteiger partial charge on any atom is 0.413 e. The Kier molecular flexibility index (Phi) is 3.88. The van der Waals surface area contributed by atoms with Crippen molar-refractivity contribution in [2.24, 2.45) is 0 Å². The summed E-state index contributed by atoms with van der Waals surface area (Å²) in [6, 6.07) is 1.90. The number of aromatic nitrogens is 1. The lowest BCUT2D eigenvalue weighted by Crippen LogP contribution is -2.27. The Morgan fingerprint density at radius 1 is 1.62 bits per heavy atom. The topological polar surface area (TPSA) is 75.0 Å². The van der Waals surface area contributed by atoms with Gasteiger partial charge in [-0.1, -0.05) is 11.3 Å². The third-order valence-corrected chi connectivity index (χ3v) is 2.92. The van der Waals surface area contributed by atoms with Gasteiger partial charge >= 0.3 is 6.09 Å². The number of halogens is 1. The van der Waals surface area contributed by atoms with Gasteiger partial charge in [0, 0.05) is 0 Å². The first-order valence-corrected chi connectivity index (χ1v) is 5.99. The number of ether oxygens (including phenoxy) is 1. The molecule has 0 spiro atoms. The number of hydrogen-bond donors (Lipinski definition) is 1. The van der Waals surface area contributed by atoms with Crippen molar-refractivity contribution in [3.8, 4) is 6.07 Å². The van der Waals surface area contributed by atoms with Crippen LogP contribution < -0.4 is 5.32 Å². The Morgan fingerprint density at radius 3 is 2.69 bits per heavy atom. The molecule has 0 aliphatic heterocycles. The highest BCUT2D eigenvalue weighted by atomic mass is 79.9. The van der Waals surface area contributed by atoms with Gasteiger partial charge in [-0.25, -0.2) is 9.78 Å². The van der Waals surface area contributed by atoms with E-state index in [1.165, 1.54) is 0 Å². The summed E-state index contributed by atoms with van der Waals surface area (Å²) < 4.78 is 5.63. The first-order chi connectivity index (χ1) is 7.31. The zero-order valence-electron chi connectivity index (χ0n) is 9.00. The zero-order valence-corrected chi connectivity index (χ0v) is 11.4. The maximum absolute atomic E-state index is 11.4. The summed E-state index contributed by atoms with van der Waals surface area (Å²) in [5, 5.41) is 11.5. The molecule has 86 valence electrons. The van der Waals surface area contributed by atoms with Crippen LogP contribution in [0.4, 0.5) is 9.93 Å². The van der Waals surface area contributed by atoms with Crippen molar-refractivity contribution >= 4 is 38.5 Å². The van der Waals surface area contributed by atoms with E-state index >= 15 is 0 Å². The molecule has 1 aromatic heterocycles. The Morgan fingerprint density at radius 2 is 2.25 bits per heavy atom. The minimum absolute atomic E-state index is 0.246. The molecular weight excluding hydrogens is 294 g/mol. The molecule has 0 aliphatic carbocycles. The molecule has 1 heterocycles. The van der Waals surface area contributed by atoms with Crippen LogP contribution in [0, 0.1) is 11.3 Å². The number of rotatable bonds is 1. The highest BCUT2D eigenvalue weighted by molar-refractivity contribution is 9.11. The van der Waals surface area contributed by atoms with Gasteiger partial charge in [0.05, 0.1) is 0 Å². The third kappa shape index (κ3) is 3.79. The van der Waals surface area contributed by atoms with Gasteiger partial charge in [0.25, 0.3) is 0 Å². The van der Waals surface area contributed by atoms with Gasteiger partial charge in [0.15, 0.2) is 10.8 Å². The predicted molar refractivity (Wildman–Crippen MR) is 64.4 cm³/mol. The van der Waals surface area contributed by atoms with Crippen LogP contribution in [-0.4, -0.2) is 16.7 Å². The van der Waals surface area contributed by atoms with Crippen molar-refractivity contribution in [1.29, 1.82) is 5.26 Å². The minimum Gasteiger partial charge on any atom is -0.444 e. The van der Waals surface area contributed by atoms with Gasteiger partial charge in [-0.2, -0.15) is 5.26 Å². The number of anilines is 1. The van der Waals surface area contributed by atoms with E-state index in [4.69, 9.17) is 10.00 Å². The van der Waals surface area contributed by atoms with Crippen molar-refractivity contribution in [3.63, 3.8) is 0 Å². The third-order valence-electron chi connectivity index (χ3n) is 1.30. The molecule has 0 radical (unpaired) electrons. The van der Waals surface area contributed by atoms with Crippen LogP contribution in [0.3, 0.4) is 0 Å². The zero-order chi connectivity index (χ0) is 12.3. The summed E-state index contributed by atoms with van der Waals surface area (Å²) in [7, 11) is 0. The van der Waals surface area contributed by atoms with Gasteiger partial charge in [-0.15, -0.1) is 0 Å². The summed E-state index contributed by atoms with van der Waals surface area (Å²) in [6.45, 7) is 5.31. The lowest BCUT2D eigenvalue weighted by molar-refractivity contribution is 0.0636. The van der Waals surface area contributed by atoms with Crippen molar-refractivity contribution in [3.05, 3.63) is 9.48 Å². The van der Waals surface area contributed by atoms with Crippen LogP contribution in [0.15, 0.2) is 3.79 Å². The smallest absolute Gasteiger partial charge is 0.413 e. The Labute approximate surface area is 106 Å². The second-order valence-corrected chi connectivity index (χ2v) is 6.20. The molecule has 0 bridgehead atoms. The number of carbonyl (C=O) groups is 1. The summed E-state index contributed by atoms with van der Waals surface area (Å²) in [5.41, 5.74) is -0.313. The number of hydrogen-bond acceptors (Lipinski definition) is 5. The molecule has 1 rings (SSSR count). The normalized spacial score (nSPS) is 10.7. The number of thiazole rings is 1. The van der Waals surface area contributed by atoms with E-state index in [1.54, 1.807) is 20.8 Å². The van der Waals surface area contributed by atoms with E-state index in [1.807, 2.05) is 6.07 Å². The van der Waals surface area contributed by atoms with Crippen LogP contribution in [0.2, 0.25) is 0 Å². The summed E-state index contributed by atoms with van der Waals surface area (Å²) in [6.07, 6.45) is -0.585. The highest BCUT2D eigenvalue weighted by Crippen LogP contribution is 2.28. The number of carbonyl (C=O) groups excluding carboxylic acids is 1. The van der Waals surface area contributed by atoms with E-state index in [9.17, 15) is 4.79 Å². The molecule has 0 unspecified atom stereocenters. The molecule has 1 amide bonds. The van der Waals surface area contributed by atoms with Gasteiger partial charge in [-0.3, -0.25) is 5.32 Å². The van der Waals surface area contributed by atoms with Crippen LogP contribution in [0.1, 0.15) is 26.5 Å². The predicted octanol–water partition coefficient (Wildman–Crippen LogP) is 3.12. The fraction of sp³-hybridized carbons (Fsp3) is 0.444. The van der Waals surface area contributed by atoms with Crippen LogP contribution in [-0.2, 0) is 4.74 Å². The summed E-state index contributed by atoms with van der Waals surface area (Å²) in [5.74, 6) is 0. The lowest BCUT2D eigenvalue weighted by atomic mass is 10.2. The first kappa shape index (κ1) is 12.9. The molecule has 5 nitrogen and oxygen atoms in total. The molecule has 0 atom stereocenters. The number of nitrogens with one attached hydrogen (secondary N) is 1. The van der Waals surface area contributed by atoms with Crippen LogP contribution in [0.25, 0.3) is 0 Å². The molecular formula is C9H10BrN3O2S. The highest BCUT2D eigenvalue weighted by Gasteiger charge is 2.18. The fourth-order valence-electron chi connectivity index (χ4n) is 0.815. The van der Waals surface area contributed by atoms with E-state index in [2.05, 4.69) is 26.2 Å². The van der Waals surface area contributed by atoms with E-state index < -0.39 is 11.7 Å². The monoisotopic (exact) mass is 303 g/mol. The standard InChI is InChI=1S/C9H10BrN3O2S/c1-9(2,3)15-8(14)13-7-12-5(4-11)6(10)16-7/h1-3H3,(H,12,13,14). The minimum atomic E-state index is -0.585. The lowest BCUT2D eigenvalue weighted by Gasteiger charge is -2.18. The summed E-state index contributed by atoms with van der Waals surface area (Å²) >= 11 is 4.33. The molecule has 1 aromatic rings. The fourth-order valence-corrected chi connectivity index (χ4v) is 2.08. The molecule has 0 saturated carbocycles. The summed E-state index contributed by atoms with van der Waals surface area (Å²) in [4.78, 5) is 15.3. The number of amides is 1. The van der Waals surface area contributed by atoms with Crippen LogP contribution in [0.5, 0.6) is 0 Å². The molecule has 7 heteroatoms. The molecule has 0 fully saturated rings. The second-order valence-electron chi connectivity index (χ2n) is 3.88. The average molecular weight is 304 g/mol. The second kappa shape index (κ2) is 4.80. The largest absolute Gasteiger partial charge is 0.444 e. The average Bonchev–Trinajstić information content (AvgIpc) is 2.42. The van der Waals surface area contributed by atoms with E-state index in [0.717, 1.165) is 11.3 Å². The van der Waals surface area contributed by atoms with Gasteiger partial charge in [0.1, 0.15) is 15.5 Å². The molecule has 0 aliphatic rings. The van der Waals surface area contributed by atoms with Gasteiger partial charge < -0.3 is 4.74 Å². The number of nitriles is 1. The van der Waals surface area contributed by atoms with Gasteiger partial charge in [0.2, 0.25) is 0 Å². The van der Waals surface area contributed by atoms with Crippen molar-refractivity contribution in [2.75, 3.05) is 5.32 Å². The van der Waals surface area contributed by atoms with Gasteiger partial charge in [-0.05, 0) is 36.7 Å². The van der Waals surface area contributed by atoms with E-state index in [0.29, 0.717) is 8.92 Å². The molecule has 16 heavy (non-hydrogen) atoms. The van der Waals surface area contributed by atoms with Crippen molar-refractivity contribution in [1.82, 2.24) is 4.98 Å². The first-order valence-electron chi connectivity index (χ1n) is 4.38. The SMILES string of the molecule is CC(C)(C)OC(=O)Nc1nc(C#N)c(Br)s1. The molecule has 1 N–H and O–H groups in total. The van der Waals surface area contributed by atoms with Crippen LogP contribution >= 0.6 is 27.3 Å². The van der Waals surface area contributed by atoms with Crippen molar-refractivity contribution < 1.29 is 9.53 Å². The van der Waals surface area contributed by atoms with E-state index in [-0.39, 0.29) is 5.69 Å². The maximum atomic E-state index is 11.4.